The van der Waals surface area contributed by atoms with E-state index >= 15 is 0 Å². The minimum atomic E-state index is -5.99. The number of nitrogens with one attached hydrogen (secondary N) is 2. The average molecular weight is 400 g/mol. The fourth-order valence-corrected chi connectivity index (χ4v) is 2.31. The van der Waals surface area contributed by atoms with E-state index in [4.69, 9.17) is 4.74 Å². The Bertz CT molecular complexity index is 1060. The third kappa shape index (κ3) is 3.47. The van der Waals surface area contributed by atoms with E-state index in [9.17, 15) is 26.7 Å². The van der Waals surface area contributed by atoms with E-state index < -0.39 is 34.9 Å². The highest BCUT2D eigenvalue weighted by atomic mass is 19.4. The highest BCUT2D eigenvalue weighted by Gasteiger charge is 2.62. The highest BCUT2D eigenvalue weighted by molar-refractivity contribution is 5.50. The summed E-state index contributed by atoms with van der Waals surface area (Å²) in [4.78, 5) is 17.8. The first-order valence-corrected chi connectivity index (χ1v) is 7.85. The predicted octanol–water partition coefficient (Wildman–Crippen LogP) is 4.22. The number of benzene rings is 1. The van der Waals surface area contributed by atoms with E-state index in [0.717, 1.165) is 5.56 Å². The van der Waals surface area contributed by atoms with Crippen LogP contribution in [-0.2, 0) is 5.92 Å². The van der Waals surface area contributed by atoms with Gasteiger partial charge >= 0.3 is 12.1 Å². The van der Waals surface area contributed by atoms with Crippen LogP contribution >= 0.6 is 0 Å². The smallest absolute Gasteiger partial charge is 0.449 e. The third-order valence-corrected chi connectivity index (χ3v) is 3.98. The summed E-state index contributed by atoms with van der Waals surface area (Å²) >= 11 is 0. The average Bonchev–Trinajstić information content (AvgIpc) is 3.13. The maximum absolute atomic E-state index is 14.1. The van der Waals surface area contributed by atoms with Crippen LogP contribution in [0, 0.1) is 13.8 Å². The van der Waals surface area contributed by atoms with E-state index in [1.807, 2.05) is 0 Å². The molecule has 0 saturated carbocycles. The van der Waals surface area contributed by atoms with Crippen molar-refractivity contribution < 1.29 is 26.7 Å². The number of aromatic nitrogens is 4. The normalized spacial score (nSPS) is 12.2. The zero-order chi connectivity index (χ0) is 20.7. The van der Waals surface area contributed by atoms with Gasteiger partial charge in [0, 0.05) is 6.20 Å². The molecule has 0 amide bonds. The molecular weight excluding hydrogens is 387 g/mol. The van der Waals surface area contributed by atoms with Crippen LogP contribution in [0.1, 0.15) is 16.8 Å². The lowest BCUT2D eigenvalue weighted by Gasteiger charge is -2.21. The molecule has 0 aliphatic rings. The monoisotopic (exact) mass is 400 g/mol. The van der Waals surface area contributed by atoms with Crippen LogP contribution in [0.15, 0.2) is 35.3 Å². The standard InChI is InChI=1S/C17H13F5N4O2/c1-8-3-4-10(7-9(8)2)28-12-13(16(18,19)17(20,21)22)24-14(25-15(12)27)11-5-6-23-26-11/h3-7H,1-2H3,(H,23,26)(H,24,25,27). The zero-order valence-corrected chi connectivity index (χ0v) is 14.5. The van der Waals surface area contributed by atoms with Gasteiger partial charge in [0.05, 0.1) is 0 Å². The second-order valence-electron chi connectivity index (χ2n) is 5.98. The summed E-state index contributed by atoms with van der Waals surface area (Å²) in [6, 6.07) is 5.58. The van der Waals surface area contributed by atoms with Gasteiger partial charge in [0.2, 0.25) is 5.75 Å². The van der Waals surface area contributed by atoms with Crippen molar-refractivity contribution in [1.29, 1.82) is 0 Å². The predicted molar refractivity (Wildman–Crippen MR) is 88.4 cm³/mol. The molecule has 6 nitrogen and oxygen atoms in total. The molecular formula is C17H13F5N4O2. The maximum atomic E-state index is 14.1. The Labute approximate surface area is 154 Å². The summed E-state index contributed by atoms with van der Waals surface area (Å²) in [6.45, 7) is 3.47. The van der Waals surface area contributed by atoms with Gasteiger partial charge in [-0.25, -0.2) is 4.98 Å². The summed E-state index contributed by atoms with van der Waals surface area (Å²) in [7, 11) is 0. The molecule has 0 fully saturated rings. The minimum absolute atomic E-state index is 0.0472. The van der Waals surface area contributed by atoms with E-state index in [-0.39, 0.29) is 11.4 Å². The van der Waals surface area contributed by atoms with Gasteiger partial charge in [0.1, 0.15) is 11.4 Å². The number of aromatic amines is 2. The number of rotatable bonds is 4. The van der Waals surface area contributed by atoms with Crippen molar-refractivity contribution in [3.63, 3.8) is 0 Å². The van der Waals surface area contributed by atoms with Crippen LogP contribution in [0.5, 0.6) is 11.5 Å². The molecule has 28 heavy (non-hydrogen) atoms. The number of alkyl halides is 5. The van der Waals surface area contributed by atoms with Crippen LogP contribution in [0.3, 0.4) is 0 Å². The second-order valence-corrected chi connectivity index (χ2v) is 5.98. The van der Waals surface area contributed by atoms with Gasteiger partial charge in [-0.3, -0.25) is 9.89 Å². The number of hydrogen-bond donors (Lipinski definition) is 2. The number of H-pyrrole nitrogens is 2. The summed E-state index contributed by atoms with van der Waals surface area (Å²) in [5.41, 5.74) is -1.65. The van der Waals surface area contributed by atoms with E-state index in [1.54, 1.807) is 19.9 Å². The highest BCUT2D eigenvalue weighted by Crippen LogP contribution is 2.46. The molecule has 0 radical (unpaired) electrons. The largest absolute Gasteiger partial charge is 0.459 e. The summed E-state index contributed by atoms with van der Waals surface area (Å²) < 4.78 is 72.3. The molecule has 0 unspecified atom stereocenters. The quantitative estimate of drug-likeness (QED) is 0.643. The molecule has 1 aromatic carbocycles. The minimum Gasteiger partial charge on any atom is -0.449 e. The lowest BCUT2D eigenvalue weighted by Crippen LogP contribution is -2.36. The van der Waals surface area contributed by atoms with Crippen molar-refractivity contribution >= 4 is 0 Å². The third-order valence-electron chi connectivity index (χ3n) is 3.98. The van der Waals surface area contributed by atoms with E-state index in [0.29, 0.717) is 5.56 Å². The van der Waals surface area contributed by atoms with Crippen LogP contribution in [0.2, 0.25) is 0 Å². The fraction of sp³-hybridized carbons (Fsp3) is 0.235. The van der Waals surface area contributed by atoms with Crippen molar-refractivity contribution in [1.82, 2.24) is 20.2 Å². The maximum Gasteiger partial charge on any atom is 0.459 e. The number of ether oxygens (including phenoxy) is 1. The van der Waals surface area contributed by atoms with E-state index in [2.05, 4.69) is 20.2 Å². The first kappa shape index (κ1) is 19.5. The van der Waals surface area contributed by atoms with Crippen molar-refractivity contribution in [2.75, 3.05) is 0 Å². The van der Waals surface area contributed by atoms with Crippen molar-refractivity contribution in [2.45, 2.75) is 25.9 Å². The molecule has 0 bridgehead atoms. The topological polar surface area (TPSA) is 83.7 Å². The van der Waals surface area contributed by atoms with Crippen molar-refractivity contribution in [3.8, 4) is 23.0 Å². The zero-order valence-electron chi connectivity index (χ0n) is 14.5. The summed E-state index contributed by atoms with van der Waals surface area (Å²) in [6.07, 6.45) is -4.77. The molecule has 148 valence electrons. The Morgan fingerprint density at radius 3 is 2.32 bits per heavy atom. The first-order valence-electron chi connectivity index (χ1n) is 7.85. The number of halogens is 5. The van der Waals surface area contributed by atoms with Crippen molar-refractivity contribution in [3.05, 3.63) is 57.6 Å². The Balaban J connectivity index is 2.20. The molecule has 0 spiro atoms. The molecule has 2 aromatic heterocycles. The lowest BCUT2D eigenvalue weighted by atomic mass is 10.1. The summed E-state index contributed by atoms with van der Waals surface area (Å²) in [5.74, 6) is -7.28. The van der Waals surface area contributed by atoms with Crippen molar-refractivity contribution in [2.24, 2.45) is 0 Å². The molecule has 0 aliphatic carbocycles. The molecule has 3 rings (SSSR count). The van der Waals surface area contributed by atoms with Crippen LogP contribution < -0.4 is 10.3 Å². The Kier molecular flexibility index (Phi) is 4.69. The SMILES string of the molecule is Cc1ccc(Oc2c(C(F)(F)C(F)(F)F)nc(-c3ccn[nH]3)[nH]c2=O)cc1C. The Morgan fingerprint density at radius 2 is 1.75 bits per heavy atom. The van der Waals surface area contributed by atoms with Crippen LogP contribution in [0.25, 0.3) is 11.5 Å². The van der Waals surface area contributed by atoms with Gasteiger partial charge in [0.15, 0.2) is 11.5 Å². The first-order chi connectivity index (χ1) is 13.0. The Morgan fingerprint density at radius 1 is 1.04 bits per heavy atom. The van der Waals surface area contributed by atoms with Crippen LogP contribution in [0.4, 0.5) is 22.0 Å². The van der Waals surface area contributed by atoms with Gasteiger partial charge in [0.25, 0.3) is 5.56 Å². The lowest BCUT2D eigenvalue weighted by molar-refractivity contribution is -0.291. The number of nitrogens with zero attached hydrogens (tertiary/aromatic N) is 2. The molecule has 0 atom stereocenters. The Hall–Kier alpha value is -3.24. The number of aryl methyl sites for hydroxylation is 2. The van der Waals surface area contributed by atoms with Gasteiger partial charge in [-0.2, -0.15) is 27.1 Å². The van der Waals surface area contributed by atoms with Gasteiger partial charge in [-0.1, -0.05) is 6.07 Å². The van der Waals surface area contributed by atoms with Crippen LogP contribution in [-0.4, -0.2) is 26.3 Å². The van der Waals surface area contributed by atoms with Gasteiger partial charge in [-0.15, -0.1) is 0 Å². The van der Waals surface area contributed by atoms with Gasteiger partial charge < -0.3 is 9.72 Å². The molecule has 3 aromatic rings. The molecule has 11 heteroatoms. The van der Waals surface area contributed by atoms with Gasteiger partial charge in [-0.05, 0) is 43.2 Å². The fourth-order valence-electron chi connectivity index (χ4n) is 2.31. The van der Waals surface area contributed by atoms with E-state index in [1.165, 1.54) is 24.4 Å². The summed E-state index contributed by atoms with van der Waals surface area (Å²) in [5, 5.41) is 5.88. The second kappa shape index (κ2) is 6.73. The molecule has 2 heterocycles. The molecule has 0 saturated heterocycles. The number of hydrogen-bond acceptors (Lipinski definition) is 4. The molecule has 2 N–H and O–H groups in total. The molecule has 0 aliphatic heterocycles.